The molecular formula is C18H16N2OS2. The Morgan fingerprint density at radius 3 is 2.52 bits per heavy atom. The first-order valence-corrected chi connectivity index (χ1v) is 9.25. The van der Waals surface area contributed by atoms with E-state index in [1.807, 2.05) is 29.6 Å². The molecule has 0 fully saturated rings. The molecule has 0 saturated carbocycles. The third-order valence-corrected chi connectivity index (χ3v) is 5.28. The van der Waals surface area contributed by atoms with E-state index in [0.29, 0.717) is 5.75 Å². The van der Waals surface area contributed by atoms with Crippen LogP contribution in [0.15, 0.2) is 58.9 Å². The van der Waals surface area contributed by atoms with Crippen molar-refractivity contribution in [1.29, 1.82) is 0 Å². The Kier molecular flexibility index (Phi) is 5.20. The van der Waals surface area contributed by atoms with E-state index in [9.17, 15) is 4.79 Å². The molecule has 0 unspecified atom stereocenters. The summed E-state index contributed by atoms with van der Waals surface area (Å²) in [6, 6.07) is 16.0. The lowest BCUT2D eigenvalue weighted by molar-refractivity contribution is 0.102. The second-order valence-electron chi connectivity index (χ2n) is 5.00. The van der Waals surface area contributed by atoms with E-state index in [2.05, 4.69) is 41.4 Å². The number of Topliss-reactive ketones (excluding diaryl/α,β-unsaturated/α-hetero) is 1. The summed E-state index contributed by atoms with van der Waals surface area (Å²) in [4.78, 5) is 12.8. The number of hydrogen-bond acceptors (Lipinski definition) is 5. The van der Waals surface area contributed by atoms with Crippen LogP contribution in [-0.2, 0) is 6.42 Å². The van der Waals surface area contributed by atoms with E-state index < -0.39 is 0 Å². The number of ketones is 1. The molecule has 0 atom stereocenters. The number of hydrogen-bond donors (Lipinski definition) is 0. The second kappa shape index (κ2) is 7.53. The molecule has 0 N–H and O–H groups in total. The molecule has 0 aliphatic heterocycles. The molecule has 3 nitrogen and oxygen atoms in total. The molecule has 0 saturated heterocycles. The number of rotatable bonds is 6. The van der Waals surface area contributed by atoms with Crippen molar-refractivity contribution in [2.24, 2.45) is 0 Å². The number of aromatic nitrogens is 2. The van der Waals surface area contributed by atoms with E-state index in [1.54, 1.807) is 0 Å². The number of carbonyl (C=O) groups is 1. The lowest BCUT2D eigenvalue weighted by Crippen LogP contribution is -2.00. The smallest absolute Gasteiger partial charge is 0.183 e. The first kappa shape index (κ1) is 15.9. The van der Waals surface area contributed by atoms with Crippen LogP contribution in [0.3, 0.4) is 0 Å². The summed E-state index contributed by atoms with van der Waals surface area (Å²) in [5.41, 5.74) is 3.21. The zero-order valence-corrected chi connectivity index (χ0v) is 14.4. The summed E-state index contributed by atoms with van der Waals surface area (Å²) < 4.78 is 0. The predicted octanol–water partition coefficient (Wildman–Crippen LogP) is 4.74. The standard InChI is InChI=1S/C18H16N2OS2/c1-2-13-5-7-14(8-6-13)15-9-10-18(20-19-15)23-12-16(21)17-4-3-11-22-17/h3-11H,2,12H2,1H3. The number of aryl methyl sites for hydroxylation is 1. The minimum absolute atomic E-state index is 0.131. The van der Waals surface area contributed by atoms with Crippen molar-refractivity contribution in [3.05, 3.63) is 64.4 Å². The Balaban J connectivity index is 1.63. The topological polar surface area (TPSA) is 42.9 Å². The van der Waals surface area contributed by atoms with Gasteiger partial charge in [-0.1, -0.05) is 49.0 Å². The maximum Gasteiger partial charge on any atom is 0.183 e. The Hall–Kier alpha value is -1.98. The van der Waals surface area contributed by atoms with Crippen molar-refractivity contribution >= 4 is 28.9 Å². The van der Waals surface area contributed by atoms with Gasteiger partial charge < -0.3 is 0 Å². The fourth-order valence-corrected chi connectivity index (χ4v) is 3.56. The molecule has 2 heterocycles. The van der Waals surface area contributed by atoms with Crippen LogP contribution in [0.1, 0.15) is 22.2 Å². The molecule has 5 heteroatoms. The Morgan fingerprint density at radius 1 is 1.09 bits per heavy atom. The third kappa shape index (κ3) is 4.06. The van der Waals surface area contributed by atoms with Gasteiger partial charge >= 0.3 is 0 Å². The Morgan fingerprint density at radius 2 is 1.91 bits per heavy atom. The highest BCUT2D eigenvalue weighted by Crippen LogP contribution is 2.22. The summed E-state index contributed by atoms with van der Waals surface area (Å²) in [5.74, 6) is 0.519. The lowest BCUT2D eigenvalue weighted by atomic mass is 10.1. The molecule has 23 heavy (non-hydrogen) atoms. The van der Waals surface area contributed by atoms with Crippen LogP contribution < -0.4 is 0 Å². The van der Waals surface area contributed by atoms with Gasteiger partial charge in [0, 0.05) is 5.56 Å². The highest BCUT2D eigenvalue weighted by molar-refractivity contribution is 7.99. The number of nitrogens with zero attached hydrogens (tertiary/aromatic N) is 2. The van der Waals surface area contributed by atoms with Crippen LogP contribution in [-0.4, -0.2) is 21.7 Å². The van der Waals surface area contributed by atoms with E-state index in [0.717, 1.165) is 27.6 Å². The van der Waals surface area contributed by atoms with Gasteiger partial charge in [0.25, 0.3) is 0 Å². The lowest BCUT2D eigenvalue weighted by Gasteiger charge is -2.03. The van der Waals surface area contributed by atoms with Gasteiger partial charge in [0.15, 0.2) is 5.78 Å². The molecule has 0 aliphatic rings. The SMILES string of the molecule is CCc1ccc(-c2ccc(SCC(=O)c3cccs3)nn2)cc1. The van der Waals surface area contributed by atoms with Gasteiger partial charge in [-0.2, -0.15) is 0 Å². The highest BCUT2D eigenvalue weighted by Gasteiger charge is 2.08. The Labute approximate surface area is 143 Å². The molecule has 3 rings (SSSR count). The molecule has 0 aliphatic carbocycles. The minimum Gasteiger partial charge on any atom is -0.292 e. The monoisotopic (exact) mass is 340 g/mol. The summed E-state index contributed by atoms with van der Waals surface area (Å²) in [6.45, 7) is 2.14. The van der Waals surface area contributed by atoms with E-state index in [1.165, 1.54) is 28.7 Å². The number of benzene rings is 1. The van der Waals surface area contributed by atoms with Gasteiger partial charge in [0.1, 0.15) is 5.03 Å². The van der Waals surface area contributed by atoms with Gasteiger partial charge in [-0.15, -0.1) is 21.5 Å². The number of carbonyl (C=O) groups excluding carboxylic acids is 1. The molecule has 0 bridgehead atoms. The summed E-state index contributed by atoms with van der Waals surface area (Å²) >= 11 is 2.89. The van der Waals surface area contributed by atoms with Gasteiger partial charge in [0.05, 0.1) is 16.3 Å². The van der Waals surface area contributed by atoms with Crippen molar-refractivity contribution in [2.75, 3.05) is 5.75 Å². The molecule has 2 aromatic heterocycles. The van der Waals surface area contributed by atoms with E-state index >= 15 is 0 Å². The zero-order chi connectivity index (χ0) is 16.1. The van der Waals surface area contributed by atoms with Crippen molar-refractivity contribution < 1.29 is 4.79 Å². The van der Waals surface area contributed by atoms with E-state index in [4.69, 9.17) is 0 Å². The average molecular weight is 340 g/mol. The molecule has 0 amide bonds. The second-order valence-corrected chi connectivity index (χ2v) is 6.94. The van der Waals surface area contributed by atoms with Gasteiger partial charge in [-0.3, -0.25) is 4.79 Å². The first-order valence-electron chi connectivity index (χ1n) is 7.39. The van der Waals surface area contributed by atoms with Gasteiger partial charge in [-0.05, 0) is 35.6 Å². The maximum atomic E-state index is 12.0. The predicted molar refractivity (Wildman–Crippen MR) is 96.2 cm³/mol. The fraction of sp³-hybridized carbons (Fsp3) is 0.167. The number of thiophene rings is 1. The van der Waals surface area contributed by atoms with Crippen LogP contribution in [0.2, 0.25) is 0 Å². The van der Waals surface area contributed by atoms with Crippen LogP contribution in [0, 0.1) is 0 Å². The van der Waals surface area contributed by atoms with Crippen LogP contribution in [0.4, 0.5) is 0 Å². The van der Waals surface area contributed by atoms with Gasteiger partial charge in [-0.25, -0.2) is 0 Å². The number of thioether (sulfide) groups is 1. The van der Waals surface area contributed by atoms with Crippen molar-refractivity contribution in [3.8, 4) is 11.3 Å². The average Bonchev–Trinajstić information content (AvgIpc) is 3.15. The molecule has 0 spiro atoms. The zero-order valence-electron chi connectivity index (χ0n) is 12.7. The first-order chi connectivity index (χ1) is 11.3. The van der Waals surface area contributed by atoms with Crippen LogP contribution in [0.5, 0.6) is 0 Å². The third-order valence-electron chi connectivity index (χ3n) is 3.45. The Bertz CT molecular complexity index is 766. The van der Waals surface area contributed by atoms with E-state index in [-0.39, 0.29) is 5.78 Å². The van der Waals surface area contributed by atoms with Crippen LogP contribution in [0.25, 0.3) is 11.3 Å². The maximum absolute atomic E-state index is 12.0. The van der Waals surface area contributed by atoms with Crippen LogP contribution >= 0.6 is 23.1 Å². The molecule has 116 valence electrons. The minimum atomic E-state index is 0.131. The largest absolute Gasteiger partial charge is 0.292 e. The van der Waals surface area contributed by atoms with Crippen molar-refractivity contribution in [2.45, 2.75) is 18.4 Å². The molecule has 3 aromatic rings. The summed E-state index contributed by atoms with van der Waals surface area (Å²) in [7, 11) is 0. The van der Waals surface area contributed by atoms with Crippen molar-refractivity contribution in [3.63, 3.8) is 0 Å². The summed E-state index contributed by atoms with van der Waals surface area (Å²) in [6.07, 6.45) is 1.03. The highest BCUT2D eigenvalue weighted by atomic mass is 32.2. The molecular weight excluding hydrogens is 324 g/mol. The normalized spacial score (nSPS) is 10.7. The fourth-order valence-electron chi connectivity index (χ4n) is 2.11. The quantitative estimate of drug-likeness (QED) is 0.480. The van der Waals surface area contributed by atoms with Gasteiger partial charge in [0.2, 0.25) is 0 Å². The molecule has 0 radical (unpaired) electrons. The molecule has 1 aromatic carbocycles. The summed E-state index contributed by atoms with van der Waals surface area (Å²) in [5, 5.41) is 11.2. The van der Waals surface area contributed by atoms with Crippen molar-refractivity contribution in [1.82, 2.24) is 10.2 Å².